The van der Waals surface area contributed by atoms with E-state index in [4.69, 9.17) is 10.8 Å². The lowest BCUT2D eigenvalue weighted by Crippen LogP contribution is -2.40. The van der Waals surface area contributed by atoms with Crippen molar-refractivity contribution in [2.24, 2.45) is 5.73 Å². The lowest BCUT2D eigenvalue weighted by Gasteiger charge is -2.23. The molecule has 15 heavy (non-hydrogen) atoms. The van der Waals surface area contributed by atoms with E-state index in [0.29, 0.717) is 6.42 Å². The number of rotatable bonds is 3. The van der Waals surface area contributed by atoms with E-state index < -0.39 is 12.0 Å². The molecule has 0 fully saturated rings. The summed E-state index contributed by atoms with van der Waals surface area (Å²) in [4.78, 5) is 12.6. The van der Waals surface area contributed by atoms with Crippen molar-refractivity contribution in [2.75, 3.05) is 0 Å². The summed E-state index contributed by atoms with van der Waals surface area (Å²) >= 11 is 0. The highest BCUT2D eigenvalue weighted by Crippen LogP contribution is 2.19. The number of fused-ring (bicyclic) bond motifs is 1. The van der Waals surface area contributed by atoms with Crippen LogP contribution in [-0.4, -0.2) is 28.9 Å². The number of aliphatic carboxylic acids is 1. The molecule has 0 aromatic rings. The average molecular weight is 205 g/mol. The molecule has 0 saturated carbocycles. The van der Waals surface area contributed by atoms with Crippen molar-refractivity contribution < 1.29 is 9.90 Å². The number of carboxylic acid groups (broad SMARTS) is 1. The van der Waals surface area contributed by atoms with Gasteiger partial charge < -0.3 is 20.9 Å². The summed E-state index contributed by atoms with van der Waals surface area (Å²) in [7, 11) is 0. The second-order valence-electron chi connectivity index (χ2n) is 3.53. The number of nitrogens with one attached hydrogen (secondary N) is 1. The molecule has 2 heterocycles. The second-order valence-corrected chi connectivity index (χ2v) is 3.53. The SMILES string of the molecule is NC(CC1=CNB2C=CC=CN21)C(=O)O. The zero-order valence-electron chi connectivity index (χ0n) is 8.13. The summed E-state index contributed by atoms with van der Waals surface area (Å²) in [5.41, 5.74) is 6.38. The van der Waals surface area contributed by atoms with Crippen LogP contribution in [0.15, 0.2) is 36.2 Å². The van der Waals surface area contributed by atoms with Crippen LogP contribution in [0.4, 0.5) is 0 Å². The van der Waals surface area contributed by atoms with E-state index in [1.807, 2.05) is 35.3 Å². The second kappa shape index (κ2) is 3.82. The number of hydrogen-bond acceptors (Lipinski definition) is 4. The minimum atomic E-state index is -0.976. The van der Waals surface area contributed by atoms with E-state index in [1.54, 1.807) is 0 Å². The van der Waals surface area contributed by atoms with Gasteiger partial charge in [0.2, 0.25) is 0 Å². The first-order valence-corrected chi connectivity index (χ1v) is 4.75. The molecule has 78 valence electrons. The minimum Gasteiger partial charge on any atom is -0.480 e. The van der Waals surface area contributed by atoms with Gasteiger partial charge in [0.25, 0.3) is 0 Å². The lowest BCUT2D eigenvalue weighted by molar-refractivity contribution is -0.138. The molecule has 5 nitrogen and oxygen atoms in total. The Labute approximate surface area is 88.1 Å². The maximum Gasteiger partial charge on any atom is 0.404 e. The van der Waals surface area contributed by atoms with Crippen molar-refractivity contribution in [3.05, 3.63) is 36.2 Å². The lowest BCUT2D eigenvalue weighted by atomic mass is 9.74. The Morgan fingerprint density at radius 3 is 3.20 bits per heavy atom. The number of hydrogen-bond donors (Lipinski definition) is 3. The van der Waals surface area contributed by atoms with Crippen LogP contribution < -0.4 is 11.0 Å². The summed E-state index contributed by atoms with van der Waals surface area (Å²) in [6.07, 6.45) is 7.90. The molecule has 0 radical (unpaired) electrons. The molecule has 1 atom stereocenters. The van der Waals surface area contributed by atoms with Crippen LogP contribution in [0.3, 0.4) is 0 Å². The fourth-order valence-electron chi connectivity index (χ4n) is 1.64. The first kappa shape index (κ1) is 9.85. The highest BCUT2D eigenvalue weighted by Gasteiger charge is 2.29. The molecule has 0 amide bonds. The first-order chi connectivity index (χ1) is 7.18. The van der Waals surface area contributed by atoms with E-state index in [9.17, 15) is 4.79 Å². The van der Waals surface area contributed by atoms with Crippen molar-refractivity contribution in [1.82, 2.24) is 10.0 Å². The number of nitrogens with two attached hydrogens (primary N) is 1. The smallest absolute Gasteiger partial charge is 0.404 e. The Hall–Kier alpha value is -1.69. The Morgan fingerprint density at radius 2 is 2.47 bits per heavy atom. The predicted molar refractivity (Wildman–Crippen MR) is 57.3 cm³/mol. The molecule has 2 aliphatic rings. The normalized spacial score (nSPS) is 19.7. The van der Waals surface area contributed by atoms with Crippen molar-refractivity contribution >= 4 is 13.0 Å². The van der Waals surface area contributed by atoms with Gasteiger partial charge >= 0.3 is 13.0 Å². The van der Waals surface area contributed by atoms with Gasteiger partial charge in [-0.3, -0.25) is 4.79 Å². The molecule has 6 heteroatoms. The molecule has 0 aromatic heterocycles. The molecular weight excluding hydrogens is 193 g/mol. The molecule has 1 unspecified atom stereocenters. The number of carboxylic acids is 1. The first-order valence-electron chi connectivity index (χ1n) is 4.75. The van der Waals surface area contributed by atoms with Gasteiger partial charge in [0.15, 0.2) is 0 Å². The average Bonchev–Trinajstić information content (AvgIpc) is 2.62. The summed E-state index contributed by atoms with van der Waals surface area (Å²) < 4.78 is 0. The third-order valence-corrected chi connectivity index (χ3v) is 2.45. The zero-order chi connectivity index (χ0) is 10.8. The highest BCUT2D eigenvalue weighted by atomic mass is 16.4. The number of carbonyl (C=O) groups is 1. The van der Waals surface area contributed by atoms with Gasteiger partial charge in [0, 0.05) is 18.3 Å². The third kappa shape index (κ3) is 1.89. The van der Waals surface area contributed by atoms with Crippen LogP contribution in [0.25, 0.3) is 0 Å². The van der Waals surface area contributed by atoms with Gasteiger partial charge in [0.1, 0.15) is 6.04 Å². The fraction of sp³-hybridized carbons (Fsp3) is 0.222. The molecule has 2 aliphatic heterocycles. The number of allylic oxidation sites excluding steroid dienone is 2. The van der Waals surface area contributed by atoms with E-state index in [1.165, 1.54) is 0 Å². The zero-order valence-corrected chi connectivity index (χ0v) is 8.13. The fourth-order valence-corrected chi connectivity index (χ4v) is 1.64. The van der Waals surface area contributed by atoms with Crippen LogP contribution in [0.2, 0.25) is 0 Å². The van der Waals surface area contributed by atoms with Crippen molar-refractivity contribution in [1.29, 1.82) is 0 Å². The number of nitrogens with zero attached hydrogens (tertiary/aromatic N) is 1. The van der Waals surface area contributed by atoms with Crippen LogP contribution in [0.1, 0.15) is 6.42 Å². The van der Waals surface area contributed by atoms with Crippen LogP contribution in [0.5, 0.6) is 0 Å². The quantitative estimate of drug-likeness (QED) is 0.548. The van der Waals surface area contributed by atoms with E-state index >= 15 is 0 Å². The largest absolute Gasteiger partial charge is 0.480 e. The maximum absolute atomic E-state index is 10.6. The third-order valence-electron chi connectivity index (χ3n) is 2.45. The van der Waals surface area contributed by atoms with E-state index in [-0.39, 0.29) is 6.98 Å². The molecule has 4 N–H and O–H groups in total. The van der Waals surface area contributed by atoms with Crippen LogP contribution in [-0.2, 0) is 4.79 Å². The summed E-state index contributed by atoms with van der Waals surface area (Å²) in [5, 5.41) is 11.8. The maximum atomic E-state index is 10.6. The molecule has 0 saturated heterocycles. The van der Waals surface area contributed by atoms with Crippen LogP contribution in [0, 0.1) is 0 Å². The van der Waals surface area contributed by atoms with Crippen molar-refractivity contribution in [2.45, 2.75) is 12.5 Å². The van der Waals surface area contributed by atoms with E-state index in [0.717, 1.165) is 5.70 Å². The van der Waals surface area contributed by atoms with Gasteiger partial charge in [-0.1, -0.05) is 12.1 Å². The minimum absolute atomic E-state index is 0.103. The highest BCUT2D eigenvalue weighted by molar-refractivity contribution is 6.61. The van der Waals surface area contributed by atoms with Gasteiger partial charge in [-0.05, 0) is 12.3 Å². The van der Waals surface area contributed by atoms with Gasteiger partial charge in [-0.15, -0.1) is 0 Å². The molecule has 0 aromatic carbocycles. The van der Waals surface area contributed by atoms with Crippen molar-refractivity contribution in [3.8, 4) is 0 Å². The van der Waals surface area contributed by atoms with E-state index in [2.05, 4.69) is 5.23 Å². The van der Waals surface area contributed by atoms with Gasteiger partial charge in [-0.2, -0.15) is 0 Å². The molecule has 2 rings (SSSR count). The predicted octanol–water partition coefficient (Wildman–Crippen LogP) is -0.354. The summed E-state index contributed by atoms with van der Waals surface area (Å²) in [5.74, 6) is 1.02. The summed E-state index contributed by atoms with van der Waals surface area (Å²) in [6, 6.07) is -0.851. The summed E-state index contributed by atoms with van der Waals surface area (Å²) in [6.45, 7) is 0.103. The molecule has 0 spiro atoms. The molecule has 0 bridgehead atoms. The van der Waals surface area contributed by atoms with Gasteiger partial charge in [0.05, 0.1) is 0 Å². The van der Waals surface area contributed by atoms with Crippen molar-refractivity contribution in [3.63, 3.8) is 0 Å². The standard InChI is InChI=1S/C9H12BN3O2/c11-8(9(14)15)5-7-6-12-10-3-1-2-4-13(7)10/h1-4,6,8,12H,5,11H2,(H,14,15). The topological polar surface area (TPSA) is 78.6 Å². The Kier molecular flexibility index (Phi) is 2.51. The monoisotopic (exact) mass is 205 g/mol. The molecular formula is C9H12BN3O2. The van der Waals surface area contributed by atoms with Crippen LogP contribution >= 0.6 is 0 Å². The Bertz CT molecular complexity index is 364. The Morgan fingerprint density at radius 1 is 1.67 bits per heavy atom. The Balaban J connectivity index is 2.03. The van der Waals surface area contributed by atoms with Gasteiger partial charge in [-0.25, -0.2) is 0 Å². The molecule has 0 aliphatic carbocycles.